The first-order chi connectivity index (χ1) is 9.92. The van der Waals surface area contributed by atoms with Crippen molar-refractivity contribution in [3.8, 4) is 5.75 Å². The van der Waals surface area contributed by atoms with Crippen LogP contribution in [0.5, 0.6) is 5.75 Å². The Morgan fingerprint density at radius 3 is 2.38 bits per heavy atom. The molecule has 3 nitrogen and oxygen atoms in total. The van der Waals surface area contributed by atoms with Crippen molar-refractivity contribution in [3.05, 3.63) is 42.2 Å². The summed E-state index contributed by atoms with van der Waals surface area (Å²) in [6.07, 6.45) is 0. The van der Waals surface area contributed by atoms with Crippen molar-refractivity contribution in [3.63, 3.8) is 0 Å². The molecule has 0 aliphatic heterocycles. The molecule has 6 heteroatoms. The monoisotopic (exact) mass is 432 g/mol. The number of methoxy groups -OCH3 is 1. The molecule has 0 saturated carbocycles. The van der Waals surface area contributed by atoms with E-state index in [0.717, 1.165) is 31.9 Å². The van der Waals surface area contributed by atoms with Gasteiger partial charge in [0.15, 0.2) is 0 Å². The Balaban J connectivity index is 2.08. The van der Waals surface area contributed by atoms with E-state index in [1.807, 2.05) is 6.92 Å². The highest BCUT2D eigenvalue weighted by Gasteiger charge is 2.13. The van der Waals surface area contributed by atoms with Crippen LogP contribution in [0.3, 0.4) is 0 Å². The predicted molar refractivity (Wildman–Crippen MR) is 95.2 cm³/mol. The molecule has 21 heavy (non-hydrogen) atoms. The molecule has 2 rings (SSSR count). The lowest BCUT2D eigenvalue weighted by atomic mass is 10.2. The van der Waals surface area contributed by atoms with E-state index < -0.39 is 0 Å². The Bertz CT molecular complexity index is 620. The fourth-order valence-corrected chi connectivity index (χ4v) is 4.78. The molecule has 2 aromatic rings. The zero-order valence-corrected chi connectivity index (χ0v) is 16.4. The first kappa shape index (κ1) is 16.9. The minimum atomic E-state index is 0.288. The molecule has 0 spiro atoms. The van der Waals surface area contributed by atoms with E-state index in [2.05, 4.69) is 68.1 Å². The third-order valence-electron chi connectivity index (χ3n) is 3.21. The standard InChI is InChI=1S/C15H18Br2N2OS/c1-8(15-9(2)19-10(3)21-15)18-7-11-5-12(16)14(20-4)13(17)6-11/h5-6,8,18H,7H2,1-4H3. The summed E-state index contributed by atoms with van der Waals surface area (Å²) in [7, 11) is 1.67. The first-order valence-corrected chi connectivity index (χ1v) is 9.01. The normalized spacial score (nSPS) is 12.5. The van der Waals surface area contributed by atoms with Gasteiger partial charge in [0.2, 0.25) is 0 Å². The smallest absolute Gasteiger partial charge is 0.147 e. The van der Waals surface area contributed by atoms with Crippen molar-refractivity contribution in [2.24, 2.45) is 0 Å². The van der Waals surface area contributed by atoms with Gasteiger partial charge in [-0.3, -0.25) is 0 Å². The number of aryl methyl sites for hydroxylation is 2. The van der Waals surface area contributed by atoms with Gasteiger partial charge in [-0.2, -0.15) is 0 Å². The average Bonchev–Trinajstić information content (AvgIpc) is 2.75. The molecule has 1 unspecified atom stereocenters. The van der Waals surface area contributed by atoms with Gasteiger partial charge >= 0.3 is 0 Å². The molecule has 1 aromatic heterocycles. The van der Waals surface area contributed by atoms with Crippen LogP contribution in [0.4, 0.5) is 0 Å². The highest BCUT2D eigenvalue weighted by atomic mass is 79.9. The molecular formula is C15H18Br2N2OS. The average molecular weight is 434 g/mol. The molecule has 114 valence electrons. The summed E-state index contributed by atoms with van der Waals surface area (Å²) in [5, 5.41) is 4.67. The number of rotatable bonds is 5. The fourth-order valence-electron chi connectivity index (χ4n) is 2.22. The molecule has 0 radical (unpaired) electrons. The number of hydrogen-bond acceptors (Lipinski definition) is 4. The minimum absolute atomic E-state index is 0.288. The zero-order valence-electron chi connectivity index (χ0n) is 12.5. The second-order valence-electron chi connectivity index (χ2n) is 4.88. The summed E-state index contributed by atoms with van der Waals surface area (Å²) >= 11 is 8.83. The van der Waals surface area contributed by atoms with Gasteiger partial charge < -0.3 is 10.1 Å². The fraction of sp³-hybridized carbons (Fsp3) is 0.400. The van der Waals surface area contributed by atoms with Crippen molar-refractivity contribution in [2.75, 3.05) is 7.11 Å². The maximum atomic E-state index is 5.32. The highest BCUT2D eigenvalue weighted by Crippen LogP contribution is 2.34. The van der Waals surface area contributed by atoms with E-state index in [9.17, 15) is 0 Å². The van der Waals surface area contributed by atoms with Gasteiger partial charge in [-0.1, -0.05) is 0 Å². The lowest BCUT2D eigenvalue weighted by Crippen LogP contribution is -2.18. The van der Waals surface area contributed by atoms with Crippen LogP contribution in [0.25, 0.3) is 0 Å². The van der Waals surface area contributed by atoms with E-state index in [1.165, 1.54) is 10.4 Å². The van der Waals surface area contributed by atoms with E-state index in [-0.39, 0.29) is 6.04 Å². The summed E-state index contributed by atoms with van der Waals surface area (Å²) in [6, 6.07) is 4.44. The van der Waals surface area contributed by atoms with Crippen molar-refractivity contribution in [1.29, 1.82) is 0 Å². The van der Waals surface area contributed by atoms with Crippen LogP contribution in [0.2, 0.25) is 0 Å². The Kier molecular flexibility index (Phi) is 5.82. The number of nitrogens with zero attached hydrogens (tertiary/aromatic N) is 1. The summed E-state index contributed by atoms with van der Waals surface area (Å²) in [4.78, 5) is 5.79. The minimum Gasteiger partial charge on any atom is -0.494 e. The predicted octanol–water partition coefficient (Wildman–Crippen LogP) is 5.14. The van der Waals surface area contributed by atoms with E-state index in [4.69, 9.17) is 4.74 Å². The van der Waals surface area contributed by atoms with Gasteiger partial charge in [0.1, 0.15) is 5.75 Å². The third kappa shape index (κ3) is 4.06. The summed E-state index contributed by atoms with van der Waals surface area (Å²) in [6.45, 7) is 7.08. The van der Waals surface area contributed by atoms with Crippen LogP contribution in [-0.2, 0) is 6.54 Å². The number of aromatic nitrogens is 1. The summed E-state index contributed by atoms with van der Waals surface area (Å²) in [5.74, 6) is 0.820. The van der Waals surface area contributed by atoms with E-state index >= 15 is 0 Å². The quantitative estimate of drug-likeness (QED) is 0.708. The second-order valence-corrected chi connectivity index (χ2v) is 7.82. The van der Waals surface area contributed by atoms with Crippen LogP contribution < -0.4 is 10.1 Å². The Labute approximate surface area is 146 Å². The Hall–Kier alpha value is -0.430. The van der Waals surface area contributed by atoms with Crippen molar-refractivity contribution in [2.45, 2.75) is 33.4 Å². The molecule has 0 fully saturated rings. The molecule has 1 heterocycles. The number of thiazole rings is 1. The van der Waals surface area contributed by atoms with Crippen LogP contribution in [0, 0.1) is 13.8 Å². The Morgan fingerprint density at radius 1 is 1.29 bits per heavy atom. The largest absolute Gasteiger partial charge is 0.494 e. The number of ether oxygens (including phenoxy) is 1. The SMILES string of the molecule is COc1c(Br)cc(CNC(C)c2sc(C)nc2C)cc1Br. The second kappa shape index (κ2) is 7.22. The van der Waals surface area contributed by atoms with Crippen molar-refractivity contribution < 1.29 is 4.74 Å². The van der Waals surface area contributed by atoms with Crippen LogP contribution in [0.1, 0.15) is 34.1 Å². The molecule has 0 aliphatic carbocycles. The molecule has 0 bridgehead atoms. The molecule has 1 N–H and O–H groups in total. The zero-order chi connectivity index (χ0) is 15.6. The van der Waals surface area contributed by atoms with E-state index in [0.29, 0.717) is 0 Å². The molecule has 0 aliphatic rings. The van der Waals surface area contributed by atoms with Crippen LogP contribution >= 0.6 is 43.2 Å². The first-order valence-electron chi connectivity index (χ1n) is 6.61. The van der Waals surface area contributed by atoms with Crippen LogP contribution in [0.15, 0.2) is 21.1 Å². The maximum absolute atomic E-state index is 5.32. The maximum Gasteiger partial charge on any atom is 0.147 e. The highest BCUT2D eigenvalue weighted by molar-refractivity contribution is 9.11. The van der Waals surface area contributed by atoms with Gasteiger partial charge in [-0.15, -0.1) is 11.3 Å². The van der Waals surface area contributed by atoms with Crippen molar-refractivity contribution >= 4 is 43.2 Å². The van der Waals surface area contributed by atoms with E-state index in [1.54, 1.807) is 18.4 Å². The van der Waals surface area contributed by atoms with Gasteiger partial charge in [-0.05, 0) is 70.3 Å². The molecular weight excluding hydrogens is 416 g/mol. The van der Waals surface area contributed by atoms with Crippen molar-refractivity contribution in [1.82, 2.24) is 10.3 Å². The number of benzene rings is 1. The van der Waals surface area contributed by atoms with Gasteiger partial charge in [0.05, 0.1) is 26.8 Å². The lowest BCUT2D eigenvalue weighted by molar-refractivity contribution is 0.409. The van der Waals surface area contributed by atoms with Gasteiger partial charge in [-0.25, -0.2) is 4.98 Å². The summed E-state index contributed by atoms with van der Waals surface area (Å²) < 4.78 is 7.23. The molecule has 1 aromatic carbocycles. The molecule has 0 amide bonds. The number of halogens is 2. The van der Waals surface area contributed by atoms with Crippen LogP contribution in [-0.4, -0.2) is 12.1 Å². The summed E-state index contributed by atoms with van der Waals surface area (Å²) in [5.41, 5.74) is 2.31. The molecule has 0 saturated heterocycles. The van der Waals surface area contributed by atoms with Gasteiger partial charge in [0.25, 0.3) is 0 Å². The topological polar surface area (TPSA) is 34.1 Å². The third-order valence-corrected chi connectivity index (χ3v) is 5.64. The van der Waals surface area contributed by atoms with Gasteiger partial charge in [0, 0.05) is 17.5 Å². The number of hydrogen-bond donors (Lipinski definition) is 1. The molecule has 1 atom stereocenters. The lowest BCUT2D eigenvalue weighted by Gasteiger charge is -2.14. The Morgan fingerprint density at radius 2 is 1.90 bits per heavy atom. The number of nitrogens with one attached hydrogen (secondary N) is 1.